The van der Waals surface area contributed by atoms with Gasteiger partial charge in [0.2, 0.25) is 0 Å². The summed E-state index contributed by atoms with van der Waals surface area (Å²) in [6.45, 7) is 9.00. The average Bonchev–Trinajstić information content (AvgIpc) is 2.91. The summed E-state index contributed by atoms with van der Waals surface area (Å²) >= 11 is 0. The number of furan rings is 1. The van der Waals surface area contributed by atoms with Crippen molar-refractivity contribution < 1.29 is 9.21 Å². The van der Waals surface area contributed by atoms with E-state index < -0.39 is 0 Å². The zero-order valence-corrected chi connectivity index (χ0v) is 12.8. The van der Waals surface area contributed by atoms with Crippen LogP contribution in [0.3, 0.4) is 0 Å². The summed E-state index contributed by atoms with van der Waals surface area (Å²) in [5.74, 6) is 0.494. The maximum atomic E-state index is 12.2. The molecule has 4 nitrogen and oxygen atoms in total. The van der Waals surface area contributed by atoms with E-state index in [1.54, 1.807) is 13.0 Å². The second kappa shape index (κ2) is 7.09. The van der Waals surface area contributed by atoms with Crippen LogP contribution in [-0.4, -0.2) is 23.9 Å². The predicted octanol–water partition coefficient (Wildman–Crippen LogP) is 3.68. The van der Waals surface area contributed by atoms with Crippen LogP contribution >= 0.6 is 0 Å². The normalized spacial score (nSPS) is 10.9. The summed E-state index contributed by atoms with van der Waals surface area (Å²) in [5.41, 5.74) is 2.58. The van der Waals surface area contributed by atoms with Crippen molar-refractivity contribution in [2.75, 3.05) is 18.4 Å². The highest BCUT2D eigenvalue weighted by molar-refractivity contribution is 6.04. The van der Waals surface area contributed by atoms with Crippen LogP contribution < -0.4 is 5.32 Å². The van der Waals surface area contributed by atoms with Crippen LogP contribution in [0.5, 0.6) is 0 Å². The van der Waals surface area contributed by atoms with Crippen LogP contribution in [0.2, 0.25) is 0 Å². The molecule has 2 rings (SSSR count). The standard InChI is InChI=1S/C17H22N2O2/c1-4-19(5-2)12-14-7-6-8-15(11-14)18-17(20)16-9-10-21-13(16)3/h6-11H,4-5,12H2,1-3H3,(H,18,20). The van der Waals surface area contributed by atoms with Crippen molar-refractivity contribution >= 4 is 11.6 Å². The van der Waals surface area contributed by atoms with Gasteiger partial charge in [0.25, 0.3) is 5.91 Å². The predicted molar refractivity (Wildman–Crippen MR) is 84.5 cm³/mol. The first-order chi connectivity index (χ1) is 10.1. The second-order valence-corrected chi connectivity index (χ2v) is 5.01. The summed E-state index contributed by atoms with van der Waals surface area (Å²) in [5, 5.41) is 2.92. The Labute approximate surface area is 125 Å². The van der Waals surface area contributed by atoms with E-state index in [4.69, 9.17) is 4.42 Å². The molecule has 0 saturated carbocycles. The smallest absolute Gasteiger partial charge is 0.259 e. The molecule has 112 valence electrons. The number of amides is 1. The average molecular weight is 286 g/mol. The second-order valence-electron chi connectivity index (χ2n) is 5.01. The fraction of sp³-hybridized carbons (Fsp3) is 0.353. The molecule has 1 aromatic carbocycles. The van der Waals surface area contributed by atoms with Crippen LogP contribution in [0.25, 0.3) is 0 Å². The molecule has 0 spiro atoms. The molecule has 2 aromatic rings. The molecule has 0 unspecified atom stereocenters. The van der Waals surface area contributed by atoms with Crippen molar-refractivity contribution in [1.29, 1.82) is 0 Å². The number of benzene rings is 1. The van der Waals surface area contributed by atoms with Gasteiger partial charge in [-0.25, -0.2) is 0 Å². The van der Waals surface area contributed by atoms with Gasteiger partial charge in [0.05, 0.1) is 11.8 Å². The van der Waals surface area contributed by atoms with Gasteiger partial charge >= 0.3 is 0 Å². The third-order valence-electron chi connectivity index (χ3n) is 3.59. The van der Waals surface area contributed by atoms with Crippen LogP contribution in [0.15, 0.2) is 41.0 Å². The van der Waals surface area contributed by atoms with Crippen molar-refractivity contribution in [2.45, 2.75) is 27.3 Å². The largest absolute Gasteiger partial charge is 0.469 e. The molecule has 0 saturated heterocycles. The number of nitrogens with one attached hydrogen (secondary N) is 1. The number of carbonyl (C=O) groups is 1. The van der Waals surface area contributed by atoms with Gasteiger partial charge in [0, 0.05) is 12.2 Å². The Balaban J connectivity index is 2.07. The molecule has 0 fully saturated rings. The van der Waals surface area contributed by atoms with E-state index in [1.807, 2.05) is 18.2 Å². The third-order valence-corrected chi connectivity index (χ3v) is 3.59. The first-order valence-corrected chi connectivity index (χ1v) is 7.30. The van der Waals surface area contributed by atoms with Gasteiger partial charge in [0.15, 0.2) is 0 Å². The van der Waals surface area contributed by atoms with Crippen LogP contribution in [0.1, 0.15) is 35.5 Å². The van der Waals surface area contributed by atoms with Crippen molar-refractivity contribution in [1.82, 2.24) is 4.90 Å². The van der Waals surface area contributed by atoms with E-state index in [0.29, 0.717) is 11.3 Å². The Morgan fingerprint density at radius 2 is 2.00 bits per heavy atom. The van der Waals surface area contributed by atoms with Crippen LogP contribution in [0.4, 0.5) is 5.69 Å². The van der Waals surface area contributed by atoms with Gasteiger partial charge in [-0.1, -0.05) is 26.0 Å². The summed E-state index contributed by atoms with van der Waals surface area (Å²) in [6.07, 6.45) is 1.53. The minimum atomic E-state index is -0.138. The molecule has 21 heavy (non-hydrogen) atoms. The molecule has 0 aliphatic carbocycles. The highest BCUT2D eigenvalue weighted by Crippen LogP contribution is 2.16. The Bertz CT molecular complexity index is 600. The number of rotatable bonds is 6. The molecular weight excluding hydrogens is 264 g/mol. The highest BCUT2D eigenvalue weighted by Gasteiger charge is 2.11. The molecule has 1 amide bonds. The summed E-state index contributed by atoms with van der Waals surface area (Å²) in [4.78, 5) is 14.5. The van der Waals surface area contributed by atoms with E-state index in [1.165, 1.54) is 11.8 Å². The minimum Gasteiger partial charge on any atom is -0.469 e. The number of aryl methyl sites for hydroxylation is 1. The molecule has 1 heterocycles. The lowest BCUT2D eigenvalue weighted by atomic mass is 10.1. The Hall–Kier alpha value is -2.07. The Kier molecular flexibility index (Phi) is 5.17. The van der Waals surface area contributed by atoms with Crippen molar-refractivity contribution in [3.8, 4) is 0 Å². The first-order valence-electron chi connectivity index (χ1n) is 7.30. The van der Waals surface area contributed by atoms with Gasteiger partial charge < -0.3 is 9.73 Å². The van der Waals surface area contributed by atoms with E-state index in [9.17, 15) is 4.79 Å². The Morgan fingerprint density at radius 3 is 2.62 bits per heavy atom. The molecule has 0 aliphatic rings. The van der Waals surface area contributed by atoms with Crippen LogP contribution in [0, 0.1) is 6.92 Å². The molecule has 0 bridgehead atoms. The zero-order chi connectivity index (χ0) is 15.2. The zero-order valence-electron chi connectivity index (χ0n) is 12.8. The number of nitrogens with zero attached hydrogens (tertiary/aromatic N) is 1. The molecule has 1 aromatic heterocycles. The molecule has 1 N–H and O–H groups in total. The van der Waals surface area contributed by atoms with Gasteiger partial charge in [-0.15, -0.1) is 0 Å². The number of hydrogen-bond donors (Lipinski definition) is 1. The number of carbonyl (C=O) groups excluding carboxylic acids is 1. The number of anilines is 1. The van der Waals surface area contributed by atoms with E-state index in [2.05, 4.69) is 30.1 Å². The topological polar surface area (TPSA) is 45.5 Å². The summed E-state index contributed by atoms with van der Waals surface area (Å²) in [7, 11) is 0. The first kappa shape index (κ1) is 15.3. The molecule has 4 heteroatoms. The quantitative estimate of drug-likeness (QED) is 0.881. The Morgan fingerprint density at radius 1 is 1.24 bits per heavy atom. The van der Waals surface area contributed by atoms with E-state index in [0.717, 1.165) is 25.3 Å². The monoisotopic (exact) mass is 286 g/mol. The fourth-order valence-corrected chi connectivity index (χ4v) is 2.27. The third kappa shape index (κ3) is 3.95. The van der Waals surface area contributed by atoms with Crippen molar-refractivity contribution in [3.63, 3.8) is 0 Å². The van der Waals surface area contributed by atoms with Crippen molar-refractivity contribution in [2.24, 2.45) is 0 Å². The molecular formula is C17H22N2O2. The maximum Gasteiger partial charge on any atom is 0.259 e. The minimum absolute atomic E-state index is 0.138. The van der Waals surface area contributed by atoms with E-state index >= 15 is 0 Å². The molecule has 0 radical (unpaired) electrons. The van der Waals surface area contributed by atoms with Gasteiger partial charge in [-0.2, -0.15) is 0 Å². The van der Waals surface area contributed by atoms with Gasteiger partial charge in [0.1, 0.15) is 5.76 Å². The SMILES string of the molecule is CCN(CC)Cc1cccc(NC(=O)c2ccoc2C)c1. The molecule has 0 aliphatic heterocycles. The van der Waals surface area contributed by atoms with Gasteiger partial charge in [-0.3, -0.25) is 9.69 Å². The summed E-state index contributed by atoms with van der Waals surface area (Å²) in [6, 6.07) is 9.66. The fourth-order valence-electron chi connectivity index (χ4n) is 2.27. The maximum absolute atomic E-state index is 12.2. The van der Waals surface area contributed by atoms with Gasteiger partial charge in [-0.05, 0) is 43.8 Å². The summed E-state index contributed by atoms with van der Waals surface area (Å²) < 4.78 is 5.16. The van der Waals surface area contributed by atoms with E-state index in [-0.39, 0.29) is 5.91 Å². The van der Waals surface area contributed by atoms with Crippen LogP contribution in [-0.2, 0) is 6.54 Å². The highest BCUT2D eigenvalue weighted by atomic mass is 16.3. The lowest BCUT2D eigenvalue weighted by Gasteiger charge is -2.18. The molecule has 0 atom stereocenters. The lowest BCUT2D eigenvalue weighted by molar-refractivity contribution is 0.102. The number of hydrogen-bond acceptors (Lipinski definition) is 3. The lowest BCUT2D eigenvalue weighted by Crippen LogP contribution is -2.22. The van der Waals surface area contributed by atoms with Crippen molar-refractivity contribution in [3.05, 3.63) is 53.5 Å².